The van der Waals surface area contributed by atoms with E-state index in [0.29, 0.717) is 24.0 Å². The van der Waals surface area contributed by atoms with Crippen molar-refractivity contribution in [2.45, 2.75) is 25.9 Å². The first-order valence-corrected chi connectivity index (χ1v) is 6.36. The van der Waals surface area contributed by atoms with Crippen molar-refractivity contribution in [2.75, 3.05) is 18.0 Å². The molecule has 1 fully saturated rings. The smallest absolute Gasteiger partial charge is 0.278 e. The van der Waals surface area contributed by atoms with E-state index in [-0.39, 0.29) is 6.10 Å². The zero-order chi connectivity index (χ0) is 13.2. The van der Waals surface area contributed by atoms with Gasteiger partial charge < -0.3 is 14.5 Å². The lowest BCUT2D eigenvalue weighted by molar-refractivity contribution is 0.198. The first kappa shape index (κ1) is 12.0. The van der Waals surface area contributed by atoms with Crippen LogP contribution in [0.3, 0.4) is 0 Å². The molecule has 3 heterocycles. The van der Waals surface area contributed by atoms with E-state index in [1.165, 1.54) is 0 Å². The van der Waals surface area contributed by atoms with Crippen LogP contribution in [0.15, 0.2) is 16.7 Å². The Morgan fingerprint density at radius 2 is 2.32 bits per heavy atom. The summed E-state index contributed by atoms with van der Waals surface area (Å²) in [6.07, 6.45) is 1.22. The van der Waals surface area contributed by atoms with Crippen LogP contribution >= 0.6 is 0 Å². The summed E-state index contributed by atoms with van der Waals surface area (Å²) in [5.41, 5.74) is 0.565. The fourth-order valence-electron chi connectivity index (χ4n) is 2.06. The second-order valence-corrected chi connectivity index (χ2v) is 4.53. The number of anilines is 1. The van der Waals surface area contributed by atoms with Crippen LogP contribution in [0.5, 0.6) is 0 Å². The van der Waals surface area contributed by atoms with Gasteiger partial charge in [0.25, 0.3) is 5.89 Å². The normalized spacial score (nSPS) is 19.1. The average Bonchev–Trinajstić information content (AvgIpc) is 3.07. The quantitative estimate of drug-likeness (QED) is 0.868. The molecule has 1 aliphatic heterocycles. The van der Waals surface area contributed by atoms with E-state index in [1.54, 1.807) is 6.07 Å². The highest BCUT2D eigenvalue weighted by Gasteiger charge is 2.21. The number of rotatable bonds is 3. The molecule has 0 spiro atoms. The maximum absolute atomic E-state index is 9.50. The largest absolute Gasteiger partial charge is 0.391 e. The van der Waals surface area contributed by atoms with Crippen LogP contribution in [0.4, 0.5) is 5.82 Å². The molecule has 0 amide bonds. The number of hydrogen-bond donors (Lipinski definition) is 1. The Balaban J connectivity index is 1.78. The molecule has 1 N–H and O–H groups in total. The van der Waals surface area contributed by atoms with Gasteiger partial charge in [0.05, 0.1) is 6.10 Å². The van der Waals surface area contributed by atoms with Crippen molar-refractivity contribution in [1.82, 2.24) is 20.3 Å². The molecule has 2 aromatic rings. The van der Waals surface area contributed by atoms with Gasteiger partial charge in [0.1, 0.15) is 0 Å². The molecule has 0 radical (unpaired) electrons. The van der Waals surface area contributed by atoms with Crippen molar-refractivity contribution in [2.24, 2.45) is 0 Å². The number of aliphatic hydroxyl groups excluding tert-OH is 1. The zero-order valence-electron chi connectivity index (χ0n) is 10.7. The van der Waals surface area contributed by atoms with Crippen LogP contribution in [-0.4, -0.2) is 44.6 Å². The molecule has 1 saturated heterocycles. The molecule has 100 valence electrons. The SMILES string of the molecule is CCc1noc(-c2ccc(N3CCC(O)C3)nn2)n1. The minimum absolute atomic E-state index is 0.274. The van der Waals surface area contributed by atoms with Gasteiger partial charge in [0.15, 0.2) is 17.3 Å². The number of aromatic nitrogens is 4. The minimum Gasteiger partial charge on any atom is -0.391 e. The third-order valence-corrected chi connectivity index (χ3v) is 3.14. The lowest BCUT2D eigenvalue weighted by Crippen LogP contribution is -2.22. The third-order valence-electron chi connectivity index (χ3n) is 3.14. The number of hydrogen-bond acceptors (Lipinski definition) is 7. The van der Waals surface area contributed by atoms with Crippen LogP contribution < -0.4 is 4.90 Å². The maximum atomic E-state index is 9.50. The standard InChI is InChI=1S/C12H15N5O2/c1-2-10-13-12(19-16-10)9-3-4-11(15-14-9)17-6-5-8(18)7-17/h3-4,8,18H,2,5-7H2,1H3. The Morgan fingerprint density at radius 1 is 1.42 bits per heavy atom. The van der Waals surface area contributed by atoms with Gasteiger partial charge in [-0.2, -0.15) is 4.98 Å². The lowest BCUT2D eigenvalue weighted by Gasteiger charge is -2.15. The summed E-state index contributed by atoms with van der Waals surface area (Å²) in [6.45, 7) is 3.37. The Kier molecular flexibility index (Phi) is 3.12. The molecule has 7 heteroatoms. The Labute approximate surface area is 110 Å². The molecule has 2 aromatic heterocycles. The van der Waals surface area contributed by atoms with Crippen molar-refractivity contribution < 1.29 is 9.63 Å². The van der Waals surface area contributed by atoms with Gasteiger partial charge in [-0.15, -0.1) is 10.2 Å². The summed E-state index contributed by atoms with van der Waals surface area (Å²) < 4.78 is 5.11. The monoisotopic (exact) mass is 261 g/mol. The lowest BCUT2D eigenvalue weighted by atomic mass is 10.3. The topological polar surface area (TPSA) is 88.2 Å². The van der Waals surface area contributed by atoms with Crippen LogP contribution in [-0.2, 0) is 6.42 Å². The number of β-amino-alcohol motifs (C(OH)–C–C–N with tert-alkyl or cyclic N) is 1. The summed E-state index contributed by atoms with van der Waals surface area (Å²) >= 11 is 0. The van der Waals surface area contributed by atoms with E-state index in [4.69, 9.17) is 4.52 Å². The molecule has 0 aromatic carbocycles. The number of aliphatic hydroxyl groups is 1. The van der Waals surface area contributed by atoms with Gasteiger partial charge >= 0.3 is 0 Å². The zero-order valence-corrected chi connectivity index (χ0v) is 10.7. The van der Waals surface area contributed by atoms with Crippen LogP contribution in [0.2, 0.25) is 0 Å². The van der Waals surface area contributed by atoms with Crippen molar-refractivity contribution in [3.8, 4) is 11.6 Å². The second-order valence-electron chi connectivity index (χ2n) is 4.53. The summed E-state index contributed by atoms with van der Waals surface area (Å²) in [4.78, 5) is 6.21. The van der Waals surface area contributed by atoms with Gasteiger partial charge in [0, 0.05) is 19.5 Å². The molecule has 19 heavy (non-hydrogen) atoms. The van der Waals surface area contributed by atoms with E-state index in [9.17, 15) is 5.11 Å². The molecular weight excluding hydrogens is 246 g/mol. The summed E-state index contributed by atoms with van der Waals surface area (Å²) in [5, 5.41) is 21.6. The third kappa shape index (κ3) is 2.41. The molecule has 7 nitrogen and oxygen atoms in total. The fraction of sp³-hybridized carbons (Fsp3) is 0.500. The van der Waals surface area contributed by atoms with Gasteiger partial charge in [-0.1, -0.05) is 12.1 Å². The summed E-state index contributed by atoms with van der Waals surface area (Å²) in [5.74, 6) is 1.80. The van der Waals surface area contributed by atoms with Gasteiger partial charge in [-0.3, -0.25) is 0 Å². The number of aryl methyl sites for hydroxylation is 1. The highest BCUT2D eigenvalue weighted by molar-refractivity contribution is 5.49. The van der Waals surface area contributed by atoms with E-state index in [2.05, 4.69) is 20.3 Å². The summed E-state index contributed by atoms with van der Waals surface area (Å²) in [6, 6.07) is 3.66. The van der Waals surface area contributed by atoms with E-state index in [0.717, 1.165) is 25.2 Å². The number of nitrogens with zero attached hydrogens (tertiary/aromatic N) is 5. The first-order chi connectivity index (χ1) is 9.26. The predicted molar refractivity (Wildman–Crippen MR) is 67.5 cm³/mol. The van der Waals surface area contributed by atoms with E-state index < -0.39 is 0 Å². The molecule has 1 unspecified atom stereocenters. The maximum Gasteiger partial charge on any atom is 0.278 e. The molecule has 0 saturated carbocycles. The molecule has 1 aliphatic rings. The summed E-state index contributed by atoms with van der Waals surface area (Å²) in [7, 11) is 0. The van der Waals surface area contributed by atoms with Crippen LogP contribution in [0, 0.1) is 0 Å². The average molecular weight is 261 g/mol. The minimum atomic E-state index is -0.274. The van der Waals surface area contributed by atoms with Crippen LogP contribution in [0.25, 0.3) is 11.6 Å². The van der Waals surface area contributed by atoms with Crippen molar-refractivity contribution >= 4 is 5.82 Å². The van der Waals surface area contributed by atoms with E-state index in [1.807, 2.05) is 17.9 Å². The van der Waals surface area contributed by atoms with Gasteiger partial charge in [-0.25, -0.2) is 0 Å². The van der Waals surface area contributed by atoms with Crippen molar-refractivity contribution in [1.29, 1.82) is 0 Å². The second kappa shape index (κ2) is 4.93. The highest BCUT2D eigenvalue weighted by atomic mass is 16.5. The Bertz CT molecular complexity index is 554. The first-order valence-electron chi connectivity index (χ1n) is 6.36. The van der Waals surface area contributed by atoms with Crippen molar-refractivity contribution in [3.05, 3.63) is 18.0 Å². The Hall–Kier alpha value is -2.02. The van der Waals surface area contributed by atoms with Gasteiger partial charge in [-0.05, 0) is 18.6 Å². The van der Waals surface area contributed by atoms with Crippen LogP contribution in [0.1, 0.15) is 19.2 Å². The Morgan fingerprint density at radius 3 is 2.89 bits per heavy atom. The molecule has 1 atom stereocenters. The predicted octanol–water partition coefficient (Wildman–Crippen LogP) is 0.660. The molecule has 3 rings (SSSR count). The highest BCUT2D eigenvalue weighted by Crippen LogP contribution is 2.20. The molecular formula is C12H15N5O2. The van der Waals surface area contributed by atoms with Gasteiger partial charge in [0.2, 0.25) is 0 Å². The van der Waals surface area contributed by atoms with Crippen molar-refractivity contribution in [3.63, 3.8) is 0 Å². The van der Waals surface area contributed by atoms with E-state index >= 15 is 0 Å². The fourth-order valence-corrected chi connectivity index (χ4v) is 2.06. The molecule has 0 aliphatic carbocycles. The molecule has 0 bridgehead atoms.